The van der Waals surface area contributed by atoms with Crippen LogP contribution in [-0.4, -0.2) is 57.8 Å². The molecule has 1 aliphatic heterocycles. The average molecular weight is 294 g/mol. The molecule has 0 aliphatic carbocycles. The number of carboxylic acid groups (broad SMARTS) is 1. The lowest BCUT2D eigenvalue weighted by Gasteiger charge is -2.31. The fourth-order valence-corrected chi connectivity index (χ4v) is 2.08. The second-order valence-corrected chi connectivity index (χ2v) is 4.70. The Kier molecular flexibility index (Phi) is 5.44. The Balaban J connectivity index is 1.71. The fourth-order valence-electron chi connectivity index (χ4n) is 2.08. The van der Waals surface area contributed by atoms with Gasteiger partial charge in [-0.3, -0.25) is 10.1 Å². The van der Waals surface area contributed by atoms with Crippen molar-refractivity contribution in [3.8, 4) is 0 Å². The Labute approximate surface area is 122 Å². The highest BCUT2D eigenvalue weighted by Crippen LogP contribution is 2.14. The number of urea groups is 1. The SMILES string of the molecule is O=C(O)CCOC1CCN(C(=O)Nc2ncccn2)CC1. The van der Waals surface area contributed by atoms with Crippen molar-refractivity contribution in [1.82, 2.24) is 14.9 Å². The predicted octanol–water partition coefficient (Wildman–Crippen LogP) is 0.964. The molecular formula is C13H18N4O4. The molecule has 0 aromatic carbocycles. The minimum absolute atomic E-state index is 0.00600. The maximum Gasteiger partial charge on any atom is 0.324 e. The van der Waals surface area contributed by atoms with Crippen molar-refractivity contribution in [2.24, 2.45) is 0 Å². The third-order valence-corrected chi connectivity index (χ3v) is 3.18. The average Bonchev–Trinajstić information content (AvgIpc) is 2.48. The summed E-state index contributed by atoms with van der Waals surface area (Å²) < 4.78 is 5.48. The first-order valence-electron chi connectivity index (χ1n) is 6.81. The quantitative estimate of drug-likeness (QED) is 0.838. The second-order valence-electron chi connectivity index (χ2n) is 4.70. The number of carbonyl (C=O) groups is 2. The van der Waals surface area contributed by atoms with Crippen molar-refractivity contribution in [2.45, 2.75) is 25.4 Å². The van der Waals surface area contributed by atoms with Crippen LogP contribution < -0.4 is 5.32 Å². The number of rotatable bonds is 5. The van der Waals surface area contributed by atoms with Crippen LogP contribution in [0.5, 0.6) is 0 Å². The molecule has 1 saturated heterocycles. The zero-order valence-electron chi connectivity index (χ0n) is 11.6. The van der Waals surface area contributed by atoms with Crippen LogP contribution in [0.4, 0.5) is 10.7 Å². The van der Waals surface area contributed by atoms with Gasteiger partial charge in [-0.05, 0) is 18.9 Å². The van der Waals surface area contributed by atoms with E-state index in [1.165, 1.54) is 0 Å². The number of hydrogen-bond donors (Lipinski definition) is 2. The van der Waals surface area contributed by atoms with Gasteiger partial charge in [-0.1, -0.05) is 0 Å². The Morgan fingerprint density at radius 2 is 2.00 bits per heavy atom. The Morgan fingerprint density at radius 3 is 2.62 bits per heavy atom. The van der Waals surface area contributed by atoms with Gasteiger partial charge in [0.15, 0.2) is 0 Å². The van der Waals surface area contributed by atoms with Crippen molar-refractivity contribution < 1.29 is 19.4 Å². The predicted molar refractivity (Wildman–Crippen MR) is 73.9 cm³/mol. The molecule has 2 N–H and O–H groups in total. The zero-order valence-corrected chi connectivity index (χ0v) is 11.6. The van der Waals surface area contributed by atoms with Gasteiger partial charge in [0.05, 0.1) is 19.1 Å². The molecule has 8 heteroatoms. The van der Waals surface area contributed by atoms with Gasteiger partial charge in [0.1, 0.15) is 0 Å². The van der Waals surface area contributed by atoms with Crippen LogP contribution >= 0.6 is 0 Å². The van der Waals surface area contributed by atoms with Gasteiger partial charge in [-0.25, -0.2) is 14.8 Å². The molecule has 0 radical (unpaired) electrons. The van der Waals surface area contributed by atoms with Crippen molar-refractivity contribution in [3.05, 3.63) is 18.5 Å². The van der Waals surface area contributed by atoms with E-state index in [0.29, 0.717) is 25.9 Å². The van der Waals surface area contributed by atoms with Crippen LogP contribution in [0.25, 0.3) is 0 Å². The van der Waals surface area contributed by atoms with Gasteiger partial charge in [-0.2, -0.15) is 0 Å². The third kappa shape index (κ3) is 4.99. The zero-order chi connectivity index (χ0) is 15.1. The minimum atomic E-state index is -0.866. The van der Waals surface area contributed by atoms with Gasteiger partial charge in [0.2, 0.25) is 5.95 Å². The summed E-state index contributed by atoms with van der Waals surface area (Å²) in [6.45, 7) is 1.34. The van der Waals surface area contributed by atoms with Crippen LogP contribution in [-0.2, 0) is 9.53 Å². The summed E-state index contributed by atoms with van der Waals surface area (Å²) in [4.78, 5) is 31.9. The maximum atomic E-state index is 12.0. The van der Waals surface area contributed by atoms with Gasteiger partial charge >= 0.3 is 12.0 Å². The first kappa shape index (κ1) is 15.2. The van der Waals surface area contributed by atoms with Crippen molar-refractivity contribution in [1.29, 1.82) is 0 Å². The molecule has 1 fully saturated rings. The summed E-state index contributed by atoms with van der Waals surface area (Å²) in [5.41, 5.74) is 0. The van der Waals surface area contributed by atoms with Gasteiger partial charge in [-0.15, -0.1) is 0 Å². The monoisotopic (exact) mass is 294 g/mol. The molecule has 8 nitrogen and oxygen atoms in total. The highest BCUT2D eigenvalue weighted by Gasteiger charge is 2.23. The molecule has 0 unspecified atom stereocenters. The number of likely N-dealkylation sites (tertiary alicyclic amines) is 1. The molecule has 2 amide bonds. The summed E-state index contributed by atoms with van der Waals surface area (Å²) in [7, 11) is 0. The number of nitrogens with zero attached hydrogens (tertiary/aromatic N) is 3. The lowest BCUT2D eigenvalue weighted by atomic mass is 10.1. The van der Waals surface area contributed by atoms with Crippen molar-refractivity contribution in [3.63, 3.8) is 0 Å². The summed E-state index contributed by atoms with van der Waals surface area (Å²) in [5, 5.41) is 11.2. The smallest absolute Gasteiger partial charge is 0.324 e. The van der Waals surface area contributed by atoms with Gasteiger partial charge in [0.25, 0.3) is 0 Å². The van der Waals surface area contributed by atoms with E-state index in [0.717, 1.165) is 0 Å². The maximum absolute atomic E-state index is 12.0. The first-order valence-corrected chi connectivity index (χ1v) is 6.81. The number of amides is 2. The largest absolute Gasteiger partial charge is 0.481 e. The highest BCUT2D eigenvalue weighted by molar-refractivity contribution is 5.87. The van der Waals surface area contributed by atoms with Crippen LogP contribution in [0, 0.1) is 0 Å². The number of aromatic nitrogens is 2. The Hall–Kier alpha value is -2.22. The van der Waals surface area contributed by atoms with E-state index in [4.69, 9.17) is 9.84 Å². The number of carbonyl (C=O) groups excluding carboxylic acids is 1. The number of aliphatic carboxylic acids is 1. The molecular weight excluding hydrogens is 276 g/mol. The van der Waals surface area contributed by atoms with E-state index in [2.05, 4.69) is 15.3 Å². The number of carboxylic acids is 1. The third-order valence-electron chi connectivity index (χ3n) is 3.18. The molecule has 1 aliphatic rings. The Morgan fingerprint density at radius 1 is 1.33 bits per heavy atom. The van der Waals surface area contributed by atoms with E-state index in [1.54, 1.807) is 23.4 Å². The number of hydrogen-bond acceptors (Lipinski definition) is 5. The molecule has 1 aromatic heterocycles. The van der Waals surface area contributed by atoms with E-state index in [-0.39, 0.29) is 31.1 Å². The standard InChI is InChI=1S/C13H18N4O4/c18-11(19)4-9-21-10-2-7-17(8-3-10)13(20)16-12-14-5-1-6-15-12/h1,5-6,10H,2-4,7-9H2,(H,18,19)(H,14,15,16,20). The topological polar surface area (TPSA) is 105 Å². The van der Waals surface area contributed by atoms with E-state index in [1.807, 2.05) is 0 Å². The number of anilines is 1. The van der Waals surface area contributed by atoms with Gasteiger partial charge in [0, 0.05) is 25.5 Å². The van der Waals surface area contributed by atoms with Gasteiger partial charge < -0.3 is 14.7 Å². The number of piperidine rings is 1. The first-order chi connectivity index (χ1) is 10.1. The molecule has 21 heavy (non-hydrogen) atoms. The molecule has 2 rings (SSSR count). The Bertz CT molecular complexity index is 474. The summed E-state index contributed by atoms with van der Waals surface area (Å²) in [6, 6.07) is 1.44. The fraction of sp³-hybridized carbons (Fsp3) is 0.538. The summed E-state index contributed by atoms with van der Waals surface area (Å²) in [5.74, 6) is -0.586. The molecule has 0 spiro atoms. The molecule has 0 atom stereocenters. The van der Waals surface area contributed by atoms with Crippen LogP contribution in [0.1, 0.15) is 19.3 Å². The lowest BCUT2D eigenvalue weighted by Crippen LogP contribution is -2.43. The van der Waals surface area contributed by atoms with E-state index >= 15 is 0 Å². The van der Waals surface area contributed by atoms with E-state index < -0.39 is 5.97 Å². The highest BCUT2D eigenvalue weighted by atomic mass is 16.5. The summed E-state index contributed by atoms with van der Waals surface area (Å²) in [6.07, 6.45) is 4.54. The second kappa shape index (κ2) is 7.53. The molecule has 0 bridgehead atoms. The van der Waals surface area contributed by atoms with Crippen LogP contribution in [0.15, 0.2) is 18.5 Å². The minimum Gasteiger partial charge on any atom is -0.481 e. The van der Waals surface area contributed by atoms with Crippen molar-refractivity contribution in [2.75, 3.05) is 25.0 Å². The van der Waals surface area contributed by atoms with E-state index in [9.17, 15) is 9.59 Å². The van der Waals surface area contributed by atoms with Crippen LogP contribution in [0.2, 0.25) is 0 Å². The lowest BCUT2D eigenvalue weighted by molar-refractivity contribution is -0.138. The molecule has 1 aromatic rings. The molecule has 0 saturated carbocycles. The van der Waals surface area contributed by atoms with Crippen molar-refractivity contribution >= 4 is 17.9 Å². The number of nitrogens with one attached hydrogen (secondary N) is 1. The normalized spacial score (nSPS) is 15.7. The molecule has 114 valence electrons. The van der Waals surface area contributed by atoms with Crippen LogP contribution in [0.3, 0.4) is 0 Å². The summed E-state index contributed by atoms with van der Waals surface area (Å²) >= 11 is 0. The molecule has 2 heterocycles. The number of ether oxygens (including phenoxy) is 1.